The number of carbonyl (C=O) groups is 2. The van der Waals surface area contributed by atoms with Crippen molar-refractivity contribution in [2.24, 2.45) is 11.5 Å². The van der Waals surface area contributed by atoms with Gasteiger partial charge >= 0.3 is 0 Å². The lowest BCUT2D eigenvalue weighted by molar-refractivity contribution is -0.115. The maximum Gasteiger partial charge on any atom is 0.255 e. The van der Waals surface area contributed by atoms with Crippen LogP contribution in [0.3, 0.4) is 0 Å². The van der Waals surface area contributed by atoms with Gasteiger partial charge in [0.05, 0.1) is 11.3 Å². The van der Waals surface area contributed by atoms with E-state index in [1.807, 2.05) is 18.2 Å². The Labute approximate surface area is 134 Å². The molecule has 0 radical (unpaired) electrons. The van der Waals surface area contributed by atoms with Crippen molar-refractivity contribution in [2.45, 2.75) is 23.8 Å². The van der Waals surface area contributed by atoms with Crippen molar-refractivity contribution in [1.82, 2.24) is 4.90 Å². The van der Waals surface area contributed by atoms with Gasteiger partial charge in [-0.3, -0.25) is 9.59 Å². The van der Waals surface area contributed by atoms with Crippen LogP contribution >= 0.6 is 24.2 Å². The minimum atomic E-state index is -0.391. The summed E-state index contributed by atoms with van der Waals surface area (Å²) in [5.41, 5.74) is 11.7. The van der Waals surface area contributed by atoms with E-state index >= 15 is 0 Å². The van der Waals surface area contributed by atoms with E-state index in [2.05, 4.69) is 0 Å². The predicted molar refractivity (Wildman–Crippen MR) is 86.7 cm³/mol. The van der Waals surface area contributed by atoms with Crippen LogP contribution in [0.5, 0.6) is 0 Å². The third-order valence-electron chi connectivity index (χ3n) is 3.23. The van der Waals surface area contributed by atoms with Crippen molar-refractivity contribution in [1.29, 1.82) is 0 Å². The average Bonchev–Trinajstić information content (AvgIpc) is 2.44. The van der Waals surface area contributed by atoms with Crippen LogP contribution in [0.15, 0.2) is 29.2 Å². The van der Waals surface area contributed by atoms with Crippen molar-refractivity contribution in [3.63, 3.8) is 0 Å². The maximum absolute atomic E-state index is 12.6. The van der Waals surface area contributed by atoms with E-state index in [4.69, 9.17) is 11.5 Å². The molecule has 1 fully saturated rings. The minimum Gasteiger partial charge on any atom is -0.369 e. The zero-order valence-corrected chi connectivity index (χ0v) is 13.3. The average molecular weight is 330 g/mol. The van der Waals surface area contributed by atoms with Gasteiger partial charge in [-0.2, -0.15) is 0 Å². The van der Waals surface area contributed by atoms with Crippen LogP contribution in [-0.2, 0) is 4.79 Å². The van der Waals surface area contributed by atoms with Gasteiger partial charge in [-0.05, 0) is 25.0 Å². The summed E-state index contributed by atoms with van der Waals surface area (Å²) in [5, 5.41) is 0. The van der Waals surface area contributed by atoms with Gasteiger partial charge < -0.3 is 16.4 Å². The number of halogens is 1. The number of nitrogens with zero attached hydrogens (tertiary/aromatic N) is 1. The molecule has 5 nitrogen and oxygen atoms in total. The molecule has 1 unspecified atom stereocenters. The number of hydrogen-bond donors (Lipinski definition) is 2. The minimum absolute atomic E-state index is 0. The molecule has 116 valence electrons. The van der Waals surface area contributed by atoms with Crippen LogP contribution in [0, 0.1) is 0 Å². The second-order valence-electron chi connectivity index (χ2n) is 4.90. The van der Waals surface area contributed by atoms with E-state index in [-0.39, 0.29) is 30.1 Å². The number of carbonyl (C=O) groups excluding carboxylic acids is 2. The molecule has 1 aromatic carbocycles. The van der Waals surface area contributed by atoms with Gasteiger partial charge in [-0.15, -0.1) is 24.2 Å². The van der Waals surface area contributed by atoms with Gasteiger partial charge in [-0.1, -0.05) is 12.1 Å². The Morgan fingerprint density at radius 1 is 1.33 bits per heavy atom. The van der Waals surface area contributed by atoms with Crippen molar-refractivity contribution in [3.05, 3.63) is 29.8 Å². The molecule has 0 aliphatic carbocycles. The molecule has 1 saturated heterocycles. The molecule has 2 amide bonds. The van der Waals surface area contributed by atoms with Crippen molar-refractivity contribution >= 4 is 36.0 Å². The number of amides is 2. The number of piperidine rings is 1. The monoisotopic (exact) mass is 329 g/mol. The van der Waals surface area contributed by atoms with Gasteiger partial charge in [0.2, 0.25) is 5.91 Å². The van der Waals surface area contributed by atoms with Crippen molar-refractivity contribution in [2.75, 3.05) is 18.8 Å². The quantitative estimate of drug-likeness (QED) is 0.813. The highest BCUT2D eigenvalue weighted by molar-refractivity contribution is 8.00. The second kappa shape index (κ2) is 8.26. The van der Waals surface area contributed by atoms with Gasteiger partial charge in [0.25, 0.3) is 5.91 Å². The molecule has 0 bridgehead atoms. The SMILES string of the molecule is Cl.NC(=O)CSc1ccccc1C(=O)N1CCCC(N)C1. The molecule has 7 heteroatoms. The number of likely N-dealkylation sites (tertiary alicyclic amines) is 1. The van der Waals surface area contributed by atoms with E-state index in [1.165, 1.54) is 11.8 Å². The highest BCUT2D eigenvalue weighted by Gasteiger charge is 2.24. The highest BCUT2D eigenvalue weighted by atomic mass is 35.5. The lowest BCUT2D eigenvalue weighted by Crippen LogP contribution is -2.45. The zero-order chi connectivity index (χ0) is 14.5. The molecule has 2 rings (SSSR count). The summed E-state index contributed by atoms with van der Waals surface area (Å²) in [6.45, 7) is 1.33. The molecule has 21 heavy (non-hydrogen) atoms. The Hall–Kier alpha value is -1.24. The van der Waals surface area contributed by atoms with Gasteiger partial charge in [0.1, 0.15) is 0 Å². The van der Waals surface area contributed by atoms with Crippen LogP contribution in [0.4, 0.5) is 0 Å². The first kappa shape index (κ1) is 17.8. The van der Waals surface area contributed by atoms with E-state index in [1.54, 1.807) is 11.0 Å². The summed E-state index contributed by atoms with van der Waals surface area (Å²) < 4.78 is 0. The van der Waals surface area contributed by atoms with Gasteiger partial charge in [0, 0.05) is 24.0 Å². The summed E-state index contributed by atoms with van der Waals surface area (Å²) in [7, 11) is 0. The Morgan fingerprint density at radius 2 is 2.05 bits per heavy atom. The Bertz CT molecular complexity index is 513. The fraction of sp³-hybridized carbons (Fsp3) is 0.429. The molecule has 0 aromatic heterocycles. The van der Waals surface area contributed by atoms with E-state index in [0.29, 0.717) is 12.1 Å². The van der Waals surface area contributed by atoms with E-state index < -0.39 is 5.91 Å². The third kappa shape index (κ3) is 4.91. The summed E-state index contributed by atoms with van der Waals surface area (Å²) in [6, 6.07) is 7.35. The van der Waals surface area contributed by atoms with Crippen molar-refractivity contribution < 1.29 is 9.59 Å². The number of benzene rings is 1. The molecular formula is C14H20ClN3O2S. The van der Waals surface area contributed by atoms with Crippen LogP contribution in [0.25, 0.3) is 0 Å². The Morgan fingerprint density at radius 3 is 2.71 bits per heavy atom. The summed E-state index contributed by atoms with van der Waals surface area (Å²) >= 11 is 1.29. The predicted octanol–water partition coefficient (Wildman–Crippen LogP) is 1.25. The molecule has 0 spiro atoms. The van der Waals surface area contributed by atoms with E-state index in [9.17, 15) is 9.59 Å². The largest absolute Gasteiger partial charge is 0.369 e. The third-order valence-corrected chi connectivity index (χ3v) is 4.33. The van der Waals surface area contributed by atoms with Crippen molar-refractivity contribution in [3.8, 4) is 0 Å². The molecular weight excluding hydrogens is 310 g/mol. The molecule has 1 heterocycles. The number of hydrogen-bond acceptors (Lipinski definition) is 4. The first-order valence-electron chi connectivity index (χ1n) is 6.63. The fourth-order valence-electron chi connectivity index (χ4n) is 2.28. The van der Waals surface area contributed by atoms with Crippen LogP contribution in [0.2, 0.25) is 0 Å². The Balaban J connectivity index is 0.00000220. The van der Waals surface area contributed by atoms with Crippen LogP contribution in [0.1, 0.15) is 23.2 Å². The summed E-state index contributed by atoms with van der Waals surface area (Å²) in [6.07, 6.45) is 1.89. The standard InChI is InChI=1S/C14H19N3O2S.ClH/c15-10-4-3-7-17(8-10)14(19)11-5-1-2-6-12(11)20-9-13(16)18;/h1-2,5-6,10H,3-4,7-9,15H2,(H2,16,18);1H. The maximum atomic E-state index is 12.6. The summed E-state index contributed by atoms with van der Waals surface area (Å²) in [5.74, 6) is -0.242. The topological polar surface area (TPSA) is 89.4 Å². The normalized spacial score (nSPS) is 18.0. The molecule has 0 saturated carbocycles. The Kier molecular flexibility index (Phi) is 7.01. The summed E-state index contributed by atoms with van der Waals surface area (Å²) in [4.78, 5) is 26.0. The lowest BCUT2D eigenvalue weighted by Gasteiger charge is -2.31. The second-order valence-corrected chi connectivity index (χ2v) is 5.92. The highest BCUT2D eigenvalue weighted by Crippen LogP contribution is 2.24. The molecule has 1 aliphatic heterocycles. The van der Waals surface area contributed by atoms with Crippen LogP contribution < -0.4 is 11.5 Å². The first-order chi connectivity index (χ1) is 9.58. The zero-order valence-electron chi connectivity index (χ0n) is 11.7. The van der Waals surface area contributed by atoms with Crippen LogP contribution in [-0.4, -0.2) is 41.6 Å². The van der Waals surface area contributed by atoms with Gasteiger partial charge in [-0.25, -0.2) is 0 Å². The van der Waals surface area contributed by atoms with E-state index in [0.717, 1.165) is 24.3 Å². The van der Waals surface area contributed by atoms with Gasteiger partial charge in [0.15, 0.2) is 0 Å². The smallest absolute Gasteiger partial charge is 0.255 e. The molecule has 1 aliphatic rings. The number of thioether (sulfide) groups is 1. The number of rotatable bonds is 4. The number of primary amides is 1. The fourth-order valence-corrected chi connectivity index (χ4v) is 3.07. The molecule has 1 atom stereocenters. The number of nitrogens with two attached hydrogens (primary N) is 2. The molecule has 4 N–H and O–H groups in total. The first-order valence-corrected chi connectivity index (χ1v) is 7.61. The lowest BCUT2D eigenvalue weighted by atomic mass is 10.1. The molecule has 1 aromatic rings.